The Kier molecular flexibility index (Phi) is 3.56. The van der Waals surface area contributed by atoms with Gasteiger partial charge in [0, 0.05) is 25.3 Å². The standard InChI is InChI=1S/C19H20N2O4/c1-19-11-14(13-6-2-3-7-15(13)25-19)16(17(20)22)18(23)21(19)9-8-12-5-4-10-24-12/h2-7,10,14,16H,8-9,11H2,1H3,(H2,20,22)/t14-,16+,19-/m0/s1. The van der Waals surface area contributed by atoms with E-state index in [1.807, 2.05) is 43.3 Å². The second-order valence-electron chi connectivity index (χ2n) is 6.82. The Hall–Kier alpha value is -2.76. The van der Waals surface area contributed by atoms with Crippen LogP contribution in [0.25, 0.3) is 0 Å². The fourth-order valence-corrected chi connectivity index (χ4v) is 4.06. The number of likely N-dealkylation sites (tertiary alicyclic amines) is 1. The highest BCUT2D eigenvalue weighted by atomic mass is 16.5. The number of para-hydroxylation sites is 1. The van der Waals surface area contributed by atoms with E-state index in [2.05, 4.69) is 0 Å². The number of rotatable bonds is 4. The van der Waals surface area contributed by atoms with Gasteiger partial charge in [-0.15, -0.1) is 0 Å². The van der Waals surface area contributed by atoms with Gasteiger partial charge in [-0.1, -0.05) is 18.2 Å². The van der Waals surface area contributed by atoms with Crippen LogP contribution in [0.3, 0.4) is 0 Å². The average molecular weight is 340 g/mol. The number of nitrogens with zero attached hydrogens (tertiary/aromatic N) is 1. The van der Waals surface area contributed by atoms with Crippen molar-refractivity contribution in [1.29, 1.82) is 0 Å². The highest BCUT2D eigenvalue weighted by Gasteiger charge is 2.55. The molecule has 4 rings (SSSR count). The largest absolute Gasteiger partial charge is 0.469 e. The van der Waals surface area contributed by atoms with Gasteiger partial charge in [-0.25, -0.2) is 0 Å². The van der Waals surface area contributed by atoms with Crippen molar-refractivity contribution in [2.24, 2.45) is 11.7 Å². The lowest BCUT2D eigenvalue weighted by Crippen LogP contribution is -2.64. The normalized spacial score (nSPS) is 27.6. The zero-order valence-corrected chi connectivity index (χ0v) is 14.0. The molecule has 1 saturated heterocycles. The molecule has 2 N–H and O–H groups in total. The number of carbonyl (C=O) groups excluding carboxylic acids is 2. The first-order chi connectivity index (χ1) is 12.0. The van der Waals surface area contributed by atoms with Crippen LogP contribution in [0.5, 0.6) is 5.75 Å². The van der Waals surface area contributed by atoms with E-state index in [4.69, 9.17) is 14.9 Å². The van der Waals surface area contributed by atoms with Gasteiger partial charge in [0.2, 0.25) is 11.8 Å². The summed E-state index contributed by atoms with van der Waals surface area (Å²) < 4.78 is 11.6. The predicted octanol–water partition coefficient (Wildman–Crippen LogP) is 2.05. The number of hydrogen-bond acceptors (Lipinski definition) is 4. The minimum atomic E-state index is -0.866. The number of fused-ring (bicyclic) bond motifs is 4. The van der Waals surface area contributed by atoms with Gasteiger partial charge in [-0.3, -0.25) is 9.59 Å². The molecule has 25 heavy (non-hydrogen) atoms. The van der Waals surface area contributed by atoms with E-state index in [9.17, 15) is 9.59 Å². The SMILES string of the molecule is C[C@@]12C[C@@H](c3ccccc3O1)[C@H](C(N)=O)C(=O)N2CCc1ccco1. The Labute approximate surface area is 145 Å². The number of hydrogen-bond donors (Lipinski definition) is 1. The lowest BCUT2D eigenvalue weighted by atomic mass is 9.73. The summed E-state index contributed by atoms with van der Waals surface area (Å²) in [5.41, 5.74) is 5.68. The van der Waals surface area contributed by atoms with E-state index < -0.39 is 17.6 Å². The van der Waals surface area contributed by atoms with Gasteiger partial charge in [0.25, 0.3) is 0 Å². The maximum atomic E-state index is 13.1. The number of benzene rings is 1. The molecular formula is C19H20N2O4. The molecule has 6 nitrogen and oxygen atoms in total. The Bertz CT molecular complexity index is 817. The first-order valence-corrected chi connectivity index (χ1v) is 8.41. The van der Waals surface area contributed by atoms with Crippen molar-refractivity contribution >= 4 is 11.8 Å². The van der Waals surface area contributed by atoms with Crippen molar-refractivity contribution in [2.45, 2.75) is 31.4 Å². The molecule has 2 amide bonds. The molecule has 2 aliphatic heterocycles. The van der Waals surface area contributed by atoms with Crippen LogP contribution >= 0.6 is 0 Å². The molecule has 0 unspecified atom stereocenters. The molecule has 0 saturated carbocycles. The number of nitrogens with two attached hydrogens (primary N) is 1. The summed E-state index contributed by atoms with van der Waals surface area (Å²) in [7, 11) is 0. The number of piperidine rings is 1. The van der Waals surface area contributed by atoms with E-state index in [1.165, 1.54) is 0 Å². The molecule has 0 radical (unpaired) electrons. The third-order valence-corrected chi connectivity index (χ3v) is 5.22. The Morgan fingerprint density at radius 2 is 2.12 bits per heavy atom. The highest BCUT2D eigenvalue weighted by molar-refractivity contribution is 6.01. The molecule has 1 aromatic carbocycles. The van der Waals surface area contributed by atoms with Crippen LogP contribution in [-0.4, -0.2) is 29.0 Å². The second-order valence-corrected chi connectivity index (χ2v) is 6.82. The van der Waals surface area contributed by atoms with Crippen LogP contribution in [0.15, 0.2) is 47.1 Å². The van der Waals surface area contributed by atoms with Crippen LogP contribution in [0.4, 0.5) is 0 Å². The highest BCUT2D eigenvalue weighted by Crippen LogP contribution is 2.49. The topological polar surface area (TPSA) is 85.8 Å². The summed E-state index contributed by atoms with van der Waals surface area (Å²) in [4.78, 5) is 26.8. The van der Waals surface area contributed by atoms with E-state index in [1.54, 1.807) is 11.2 Å². The summed E-state index contributed by atoms with van der Waals surface area (Å²) in [6, 6.07) is 11.2. The molecule has 1 aromatic heterocycles. The van der Waals surface area contributed by atoms with Gasteiger partial charge in [-0.2, -0.15) is 0 Å². The molecule has 3 heterocycles. The molecule has 0 aliphatic carbocycles. The van der Waals surface area contributed by atoms with Crippen molar-refractivity contribution in [3.63, 3.8) is 0 Å². The summed E-state index contributed by atoms with van der Waals surface area (Å²) in [6.07, 6.45) is 2.70. The van der Waals surface area contributed by atoms with Crippen molar-refractivity contribution in [2.75, 3.05) is 6.54 Å². The Morgan fingerprint density at radius 3 is 2.84 bits per heavy atom. The fourth-order valence-electron chi connectivity index (χ4n) is 4.06. The van der Waals surface area contributed by atoms with Gasteiger partial charge in [0.05, 0.1) is 6.26 Å². The molecule has 2 aromatic rings. The van der Waals surface area contributed by atoms with Crippen LogP contribution in [-0.2, 0) is 16.0 Å². The average Bonchev–Trinajstić information content (AvgIpc) is 3.07. The van der Waals surface area contributed by atoms with E-state index in [-0.39, 0.29) is 11.8 Å². The summed E-state index contributed by atoms with van der Waals surface area (Å²) in [6.45, 7) is 2.30. The van der Waals surface area contributed by atoms with Crippen molar-refractivity contribution in [3.05, 3.63) is 54.0 Å². The van der Waals surface area contributed by atoms with Crippen LogP contribution in [0.2, 0.25) is 0 Å². The third-order valence-electron chi connectivity index (χ3n) is 5.22. The van der Waals surface area contributed by atoms with Crippen LogP contribution in [0, 0.1) is 5.92 Å². The molecule has 2 bridgehead atoms. The first kappa shape index (κ1) is 15.7. The van der Waals surface area contributed by atoms with Gasteiger partial charge in [-0.05, 0) is 30.7 Å². The smallest absolute Gasteiger partial charge is 0.238 e. The lowest BCUT2D eigenvalue weighted by molar-refractivity contribution is -0.175. The molecule has 3 atom stereocenters. The van der Waals surface area contributed by atoms with E-state index >= 15 is 0 Å². The molecular weight excluding hydrogens is 320 g/mol. The second kappa shape index (κ2) is 5.65. The lowest BCUT2D eigenvalue weighted by Gasteiger charge is -2.52. The van der Waals surface area contributed by atoms with E-state index in [0.29, 0.717) is 25.1 Å². The number of amides is 2. The molecule has 2 aliphatic rings. The van der Waals surface area contributed by atoms with Gasteiger partial charge in [0.1, 0.15) is 17.4 Å². The first-order valence-electron chi connectivity index (χ1n) is 8.41. The summed E-state index contributed by atoms with van der Waals surface area (Å²) in [5.74, 6) is -0.480. The monoisotopic (exact) mass is 340 g/mol. The fraction of sp³-hybridized carbons (Fsp3) is 0.368. The zero-order chi connectivity index (χ0) is 17.6. The summed E-state index contributed by atoms with van der Waals surface area (Å²) >= 11 is 0. The van der Waals surface area contributed by atoms with Gasteiger partial charge < -0.3 is 19.8 Å². The Morgan fingerprint density at radius 1 is 1.32 bits per heavy atom. The number of ether oxygens (including phenoxy) is 1. The maximum absolute atomic E-state index is 13.1. The van der Waals surface area contributed by atoms with Crippen LogP contribution < -0.4 is 10.5 Å². The quantitative estimate of drug-likeness (QED) is 0.863. The van der Waals surface area contributed by atoms with Crippen molar-refractivity contribution in [1.82, 2.24) is 4.90 Å². The van der Waals surface area contributed by atoms with Gasteiger partial charge in [0.15, 0.2) is 5.72 Å². The minimum Gasteiger partial charge on any atom is -0.469 e. The summed E-state index contributed by atoms with van der Waals surface area (Å²) in [5, 5.41) is 0. The minimum absolute atomic E-state index is 0.250. The molecule has 6 heteroatoms. The number of primary amides is 1. The van der Waals surface area contributed by atoms with Crippen molar-refractivity contribution in [3.8, 4) is 5.75 Å². The number of carbonyl (C=O) groups is 2. The zero-order valence-electron chi connectivity index (χ0n) is 14.0. The predicted molar refractivity (Wildman–Crippen MR) is 89.6 cm³/mol. The third kappa shape index (κ3) is 2.49. The van der Waals surface area contributed by atoms with Crippen molar-refractivity contribution < 1.29 is 18.7 Å². The van der Waals surface area contributed by atoms with Gasteiger partial charge >= 0.3 is 0 Å². The van der Waals surface area contributed by atoms with Crippen LogP contribution in [0.1, 0.15) is 30.6 Å². The Balaban J connectivity index is 1.71. The van der Waals surface area contributed by atoms with E-state index in [0.717, 1.165) is 11.3 Å². The molecule has 1 fully saturated rings. The molecule has 0 spiro atoms. The molecule has 130 valence electrons. The maximum Gasteiger partial charge on any atom is 0.238 e. The number of furan rings is 1.